The largest absolute Gasteiger partial charge is 0.484 e. The first-order chi connectivity index (χ1) is 19.1. The summed E-state index contributed by atoms with van der Waals surface area (Å²) < 4.78 is 13.0. The molecule has 13 nitrogen and oxygen atoms in total. The van der Waals surface area contributed by atoms with E-state index in [2.05, 4.69) is 35.6 Å². The molecule has 5 aromatic rings. The van der Waals surface area contributed by atoms with Gasteiger partial charge < -0.3 is 35.3 Å². The highest BCUT2D eigenvalue weighted by Crippen LogP contribution is 2.32. The lowest BCUT2D eigenvalue weighted by Crippen LogP contribution is -2.48. The first kappa shape index (κ1) is 24.7. The average Bonchev–Trinajstić information content (AvgIpc) is 3.67. The summed E-state index contributed by atoms with van der Waals surface area (Å²) in [5.74, 6) is 1.30. The molecule has 2 aromatic carbocycles. The van der Waals surface area contributed by atoms with Gasteiger partial charge >= 0.3 is 0 Å². The molecule has 0 aliphatic carbocycles. The van der Waals surface area contributed by atoms with Crippen molar-refractivity contribution >= 4 is 33.9 Å². The normalized spacial score (nSPS) is 20.9. The van der Waals surface area contributed by atoms with Crippen molar-refractivity contribution in [2.45, 2.75) is 31.0 Å². The van der Waals surface area contributed by atoms with Gasteiger partial charge in [0.1, 0.15) is 36.2 Å². The molecule has 5 N–H and O–H groups in total. The smallest absolute Gasteiger partial charge is 0.258 e. The number of anilines is 1. The van der Waals surface area contributed by atoms with Crippen LogP contribution in [0.15, 0.2) is 67.3 Å². The van der Waals surface area contributed by atoms with Crippen LogP contribution in [0.5, 0.6) is 5.75 Å². The summed E-state index contributed by atoms with van der Waals surface area (Å²) >= 11 is 0. The number of benzene rings is 2. The molecule has 6 rings (SSSR count). The molecule has 4 heterocycles. The van der Waals surface area contributed by atoms with Gasteiger partial charge in [-0.05, 0) is 24.3 Å². The van der Waals surface area contributed by atoms with Crippen LogP contribution in [0, 0.1) is 0 Å². The van der Waals surface area contributed by atoms with Crippen LogP contribution in [0.1, 0.15) is 12.1 Å². The van der Waals surface area contributed by atoms with Crippen molar-refractivity contribution in [3.63, 3.8) is 0 Å². The van der Waals surface area contributed by atoms with Crippen molar-refractivity contribution in [3.8, 4) is 5.75 Å². The van der Waals surface area contributed by atoms with E-state index in [0.717, 1.165) is 16.9 Å². The van der Waals surface area contributed by atoms with Crippen LogP contribution >= 0.6 is 0 Å². The zero-order valence-corrected chi connectivity index (χ0v) is 20.6. The number of H-pyrrole nitrogens is 1. The van der Waals surface area contributed by atoms with Gasteiger partial charge in [0, 0.05) is 0 Å². The van der Waals surface area contributed by atoms with Crippen LogP contribution in [0.3, 0.4) is 0 Å². The quantitative estimate of drug-likeness (QED) is 0.186. The molecule has 1 saturated heterocycles. The Kier molecular flexibility index (Phi) is 6.75. The third-order valence-corrected chi connectivity index (χ3v) is 6.49. The number of aromatic amines is 1. The minimum atomic E-state index is -1.18. The lowest BCUT2D eigenvalue weighted by atomic mass is 10.1. The lowest BCUT2D eigenvalue weighted by molar-refractivity contribution is -0.125. The summed E-state index contributed by atoms with van der Waals surface area (Å²) in [6, 6.07) is 15.8. The van der Waals surface area contributed by atoms with Crippen LogP contribution in [0.25, 0.3) is 22.2 Å². The Morgan fingerprint density at radius 2 is 1.92 bits per heavy atom. The number of amides is 1. The Morgan fingerprint density at radius 1 is 1.10 bits per heavy atom. The number of imidazole rings is 2. The first-order valence-corrected chi connectivity index (χ1v) is 12.4. The molecule has 200 valence electrons. The molecule has 1 aliphatic rings. The number of carbonyl (C=O) groups excluding carboxylic acids is 1. The zero-order chi connectivity index (χ0) is 26.8. The Hall–Kier alpha value is -4.59. The number of nitrogens with zero attached hydrogens (tertiary/aromatic N) is 5. The maximum absolute atomic E-state index is 12.7. The van der Waals surface area contributed by atoms with Crippen molar-refractivity contribution in [2.75, 3.05) is 18.5 Å². The maximum Gasteiger partial charge on any atom is 0.258 e. The number of para-hydroxylation sites is 3. The molecule has 1 aliphatic heterocycles. The highest BCUT2D eigenvalue weighted by atomic mass is 16.5. The second-order valence-electron chi connectivity index (χ2n) is 9.03. The Balaban J connectivity index is 1.20. The van der Waals surface area contributed by atoms with Crippen LogP contribution in [0.2, 0.25) is 0 Å². The third kappa shape index (κ3) is 4.97. The molecule has 39 heavy (non-hydrogen) atoms. The van der Waals surface area contributed by atoms with Gasteiger partial charge in [0.15, 0.2) is 29.8 Å². The fourth-order valence-electron chi connectivity index (χ4n) is 4.61. The van der Waals surface area contributed by atoms with E-state index in [-0.39, 0.29) is 6.61 Å². The molecule has 0 saturated carbocycles. The zero-order valence-electron chi connectivity index (χ0n) is 20.6. The molecule has 1 amide bonds. The number of fused-ring (bicyclic) bond motifs is 2. The van der Waals surface area contributed by atoms with Crippen molar-refractivity contribution in [2.24, 2.45) is 0 Å². The SMILES string of the molecule is O=C(COc1ccccc1)N[C@@H]1[C@H](O)[C@@H](CO)O[C@H]1n1cnc2c(NCc3nc4ccccc4[nH]3)ncnc21. The number of nitrogens with one attached hydrogen (secondary N) is 3. The predicted octanol–water partition coefficient (Wildman–Crippen LogP) is 1.13. The van der Waals surface area contributed by atoms with Gasteiger partial charge in [0.05, 0.1) is 30.5 Å². The first-order valence-electron chi connectivity index (χ1n) is 12.4. The van der Waals surface area contributed by atoms with Crippen molar-refractivity contribution < 1.29 is 24.5 Å². The van der Waals surface area contributed by atoms with Gasteiger partial charge in [-0.3, -0.25) is 9.36 Å². The molecule has 0 radical (unpaired) electrons. The summed E-state index contributed by atoms with van der Waals surface area (Å²) in [5.41, 5.74) is 2.69. The van der Waals surface area contributed by atoms with Crippen molar-refractivity contribution in [1.82, 2.24) is 34.8 Å². The van der Waals surface area contributed by atoms with Gasteiger partial charge in [-0.25, -0.2) is 19.9 Å². The van der Waals surface area contributed by atoms with E-state index in [4.69, 9.17) is 9.47 Å². The van der Waals surface area contributed by atoms with Crippen LogP contribution in [0.4, 0.5) is 5.82 Å². The van der Waals surface area contributed by atoms with E-state index in [0.29, 0.717) is 29.3 Å². The summed E-state index contributed by atoms with van der Waals surface area (Å²) in [6.45, 7) is -0.318. The van der Waals surface area contributed by atoms with E-state index in [9.17, 15) is 15.0 Å². The van der Waals surface area contributed by atoms with E-state index in [1.54, 1.807) is 28.8 Å². The molecule has 3 aromatic heterocycles. The summed E-state index contributed by atoms with van der Waals surface area (Å²) in [6.07, 6.45) is -0.0907. The average molecular weight is 531 g/mol. The van der Waals surface area contributed by atoms with Gasteiger partial charge in [0.25, 0.3) is 5.91 Å². The van der Waals surface area contributed by atoms with Crippen LogP contribution in [-0.2, 0) is 16.1 Å². The Morgan fingerprint density at radius 3 is 2.74 bits per heavy atom. The molecule has 0 unspecified atom stereocenters. The second kappa shape index (κ2) is 10.6. The minimum Gasteiger partial charge on any atom is -0.484 e. The highest BCUT2D eigenvalue weighted by Gasteiger charge is 2.45. The molecule has 13 heteroatoms. The Labute approximate surface area is 221 Å². The molecular formula is C26H26N8O5. The van der Waals surface area contributed by atoms with Gasteiger partial charge in [-0.2, -0.15) is 0 Å². The standard InChI is InChI=1S/C26H26N8O5/c35-11-18-23(37)21(33-20(36)12-38-15-6-2-1-3-7-15)26(39-18)34-14-30-22-24(28-13-29-25(22)34)27-10-19-31-16-8-4-5-9-17(16)32-19/h1-9,13-14,18,21,23,26,35,37H,10-12H2,(H,31,32)(H,33,36)(H,27,28,29)/t18-,21-,23-,26-/m1/s1. The van der Waals surface area contributed by atoms with Gasteiger partial charge in [-0.15, -0.1) is 0 Å². The minimum absolute atomic E-state index is 0.257. The summed E-state index contributed by atoms with van der Waals surface area (Å²) in [4.78, 5) is 33.7. The molecular weight excluding hydrogens is 504 g/mol. The number of carbonyl (C=O) groups is 1. The number of rotatable bonds is 9. The van der Waals surface area contributed by atoms with E-state index in [1.165, 1.54) is 12.7 Å². The monoisotopic (exact) mass is 530 g/mol. The highest BCUT2D eigenvalue weighted by molar-refractivity contribution is 5.83. The van der Waals surface area contributed by atoms with E-state index < -0.39 is 37.0 Å². The van der Waals surface area contributed by atoms with E-state index >= 15 is 0 Å². The fraction of sp³-hybridized carbons (Fsp3) is 0.269. The number of hydrogen-bond acceptors (Lipinski definition) is 10. The fourth-order valence-corrected chi connectivity index (χ4v) is 4.61. The van der Waals surface area contributed by atoms with E-state index in [1.807, 2.05) is 30.3 Å². The maximum atomic E-state index is 12.7. The second-order valence-corrected chi connectivity index (χ2v) is 9.03. The topological polar surface area (TPSA) is 172 Å². The third-order valence-electron chi connectivity index (χ3n) is 6.49. The molecule has 0 spiro atoms. The van der Waals surface area contributed by atoms with Gasteiger partial charge in [-0.1, -0.05) is 30.3 Å². The number of aromatic nitrogens is 6. The van der Waals surface area contributed by atoms with Gasteiger partial charge in [0.2, 0.25) is 0 Å². The van der Waals surface area contributed by atoms with Crippen LogP contribution in [-0.4, -0.2) is 77.1 Å². The number of aliphatic hydroxyl groups excluding tert-OH is 2. The van der Waals surface area contributed by atoms with Crippen molar-refractivity contribution in [3.05, 3.63) is 73.1 Å². The molecule has 0 bridgehead atoms. The summed E-state index contributed by atoms with van der Waals surface area (Å²) in [7, 11) is 0. The Bertz CT molecular complexity index is 1560. The number of aliphatic hydroxyl groups is 2. The predicted molar refractivity (Wildman–Crippen MR) is 140 cm³/mol. The lowest BCUT2D eigenvalue weighted by Gasteiger charge is -2.23. The molecule has 1 fully saturated rings. The van der Waals surface area contributed by atoms with Crippen molar-refractivity contribution in [1.29, 1.82) is 0 Å². The van der Waals surface area contributed by atoms with Crippen LogP contribution < -0.4 is 15.4 Å². The summed E-state index contributed by atoms with van der Waals surface area (Å²) in [5, 5.41) is 26.6. The number of ether oxygens (including phenoxy) is 2. The molecule has 4 atom stereocenters. The number of hydrogen-bond donors (Lipinski definition) is 5.